The lowest BCUT2D eigenvalue weighted by atomic mass is 9.98. The van der Waals surface area contributed by atoms with E-state index in [1.807, 2.05) is 11.3 Å². The van der Waals surface area contributed by atoms with Crippen LogP contribution in [0.3, 0.4) is 0 Å². The van der Waals surface area contributed by atoms with Gasteiger partial charge in [0.2, 0.25) is 0 Å². The van der Waals surface area contributed by atoms with Crippen molar-refractivity contribution in [2.45, 2.75) is 0 Å². The lowest BCUT2D eigenvalue weighted by molar-refractivity contribution is 0.669. The lowest BCUT2D eigenvalue weighted by Gasteiger charge is -2.26. The molecule has 3 heteroatoms. The van der Waals surface area contributed by atoms with Crippen LogP contribution < -0.4 is 4.90 Å². The van der Waals surface area contributed by atoms with Crippen LogP contribution in [-0.2, 0) is 0 Å². The van der Waals surface area contributed by atoms with Crippen molar-refractivity contribution >= 4 is 70.5 Å². The molecule has 51 heavy (non-hydrogen) atoms. The summed E-state index contributed by atoms with van der Waals surface area (Å²) in [5.74, 6) is 0. The van der Waals surface area contributed by atoms with Gasteiger partial charge in [-0.25, -0.2) is 0 Å². The summed E-state index contributed by atoms with van der Waals surface area (Å²) in [5.41, 5.74) is 12.2. The summed E-state index contributed by atoms with van der Waals surface area (Å²) in [7, 11) is 0. The Labute approximate surface area is 300 Å². The third kappa shape index (κ3) is 5.10. The van der Waals surface area contributed by atoms with E-state index in [4.69, 9.17) is 4.42 Å². The molecular formula is C48H31NOS. The highest BCUT2D eigenvalue weighted by Gasteiger charge is 2.19. The smallest absolute Gasteiger partial charge is 0.136 e. The van der Waals surface area contributed by atoms with E-state index >= 15 is 0 Å². The zero-order chi connectivity index (χ0) is 33.7. The topological polar surface area (TPSA) is 16.4 Å². The van der Waals surface area contributed by atoms with Crippen LogP contribution in [0, 0.1) is 0 Å². The second-order valence-electron chi connectivity index (χ2n) is 12.9. The maximum Gasteiger partial charge on any atom is 0.136 e. The average Bonchev–Trinajstić information content (AvgIpc) is 3.78. The predicted octanol–water partition coefficient (Wildman–Crippen LogP) is 14.4. The van der Waals surface area contributed by atoms with Gasteiger partial charge in [-0.1, -0.05) is 127 Å². The Morgan fingerprint density at radius 3 is 1.71 bits per heavy atom. The molecule has 2 aromatic heterocycles. The number of benzene rings is 8. The van der Waals surface area contributed by atoms with Crippen molar-refractivity contribution in [1.82, 2.24) is 0 Å². The third-order valence-electron chi connectivity index (χ3n) is 9.89. The SMILES string of the molecule is c1ccc(-c2ccc(N(c3ccc(-c4cccc5oc6ccc7c8ccccc8sc7c6c45)cc3)c3cccc(-c4ccccc4)c3)cc2)cc1. The molecule has 10 aromatic rings. The van der Waals surface area contributed by atoms with Crippen LogP contribution in [0.5, 0.6) is 0 Å². The van der Waals surface area contributed by atoms with E-state index in [9.17, 15) is 0 Å². The summed E-state index contributed by atoms with van der Waals surface area (Å²) >= 11 is 1.85. The molecule has 8 aromatic carbocycles. The third-order valence-corrected chi connectivity index (χ3v) is 11.1. The Kier molecular flexibility index (Phi) is 7.04. The molecule has 0 aliphatic carbocycles. The minimum Gasteiger partial charge on any atom is -0.456 e. The number of fused-ring (bicyclic) bond motifs is 7. The zero-order valence-corrected chi connectivity index (χ0v) is 28.5. The normalized spacial score (nSPS) is 11.5. The highest BCUT2D eigenvalue weighted by molar-refractivity contribution is 7.26. The van der Waals surface area contributed by atoms with Gasteiger partial charge in [0.05, 0.1) is 0 Å². The molecule has 0 fully saturated rings. The van der Waals surface area contributed by atoms with Crippen LogP contribution >= 0.6 is 11.3 Å². The number of hydrogen-bond acceptors (Lipinski definition) is 3. The Balaban J connectivity index is 1.10. The van der Waals surface area contributed by atoms with E-state index < -0.39 is 0 Å². The standard InChI is InChI=1S/C48H31NOS/c1-3-11-32(12-4-1)34-21-25-37(26-22-34)49(39-16-9-15-36(31-39)33-13-5-2-6-14-33)38-27-23-35(24-28-38)40-18-10-19-43-46(40)47-44(50-43)30-29-42-41-17-7-8-20-45(41)51-48(42)47/h1-31H. The fourth-order valence-corrected chi connectivity index (χ4v) is 8.70. The van der Waals surface area contributed by atoms with E-state index in [1.54, 1.807) is 0 Å². The van der Waals surface area contributed by atoms with Crippen molar-refractivity contribution < 1.29 is 4.42 Å². The van der Waals surface area contributed by atoms with Gasteiger partial charge >= 0.3 is 0 Å². The van der Waals surface area contributed by atoms with Crippen molar-refractivity contribution in [2.75, 3.05) is 4.90 Å². The summed E-state index contributed by atoms with van der Waals surface area (Å²) in [5, 5.41) is 4.94. The second-order valence-corrected chi connectivity index (χ2v) is 14.0. The molecule has 0 amide bonds. The first kappa shape index (κ1) is 29.5. The van der Waals surface area contributed by atoms with Gasteiger partial charge in [0.25, 0.3) is 0 Å². The van der Waals surface area contributed by atoms with Crippen molar-refractivity contribution in [3.8, 4) is 33.4 Å². The molecule has 0 atom stereocenters. The van der Waals surface area contributed by atoms with Crippen molar-refractivity contribution in [2.24, 2.45) is 0 Å². The molecule has 0 unspecified atom stereocenters. The first-order chi connectivity index (χ1) is 25.3. The second kappa shape index (κ2) is 12.2. The van der Waals surface area contributed by atoms with Crippen LogP contribution in [0.2, 0.25) is 0 Å². The van der Waals surface area contributed by atoms with Gasteiger partial charge in [0.1, 0.15) is 11.2 Å². The van der Waals surface area contributed by atoms with Gasteiger partial charge in [0.15, 0.2) is 0 Å². The Morgan fingerprint density at radius 1 is 0.373 bits per heavy atom. The number of thiophene rings is 1. The minimum absolute atomic E-state index is 0.911. The van der Waals surface area contributed by atoms with Gasteiger partial charge in [-0.2, -0.15) is 0 Å². The first-order valence-corrected chi connectivity index (χ1v) is 18.1. The highest BCUT2D eigenvalue weighted by atomic mass is 32.1. The number of rotatable bonds is 6. The van der Waals surface area contributed by atoms with Crippen LogP contribution in [0.4, 0.5) is 17.1 Å². The van der Waals surface area contributed by atoms with E-state index in [0.717, 1.165) is 33.8 Å². The van der Waals surface area contributed by atoms with Crippen molar-refractivity contribution in [3.05, 3.63) is 188 Å². The van der Waals surface area contributed by atoms with Gasteiger partial charge in [-0.3, -0.25) is 0 Å². The van der Waals surface area contributed by atoms with E-state index in [-0.39, 0.29) is 0 Å². The summed E-state index contributed by atoms with van der Waals surface area (Å²) in [6.45, 7) is 0. The summed E-state index contributed by atoms with van der Waals surface area (Å²) < 4.78 is 9.06. The van der Waals surface area contributed by atoms with Crippen LogP contribution in [0.25, 0.3) is 75.5 Å². The number of furan rings is 1. The average molecular weight is 670 g/mol. The summed E-state index contributed by atoms with van der Waals surface area (Å²) in [6, 6.07) is 67.2. The zero-order valence-electron chi connectivity index (χ0n) is 27.7. The molecular weight excluding hydrogens is 639 g/mol. The quantitative estimate of drug-likeness (QED) is 0.175. The van der Waals surface area contributed by atoms with Crippen LogP contribution in [0.15, 0.2) is 192 Å². The maximum absolute atomic E-state index is 6.48. The van der Waals surface area contributed by atoms with Gasteiger partial charge < -0.3 is 9.32 Å². The largest absolute Gasteiger partial charge is 0.456 e. The molecule has 0 saturated carbocycles. The van der Waals surface area contributed by atoms with Crippen LogP contribution in [0.1, 0.15) is 0 Å². The predicted molar refractivity (Wildman–Crippen MR) is 218 cm³/mol. The fourth-order valence-electron chi connectivity index (χ4n) is 7.45. The molecule has 2 nitrogen and oxygen atoms in total. The van der Waals surface area contributed by atoms with Gasteiger partial charge in [0, 0.05) is 48.0 Å². The molecule has 0 saturated heterocycles. The van der Waals surface area contributed by atoms with Gasteiger partial charge in [-0.05, 0) is 94.0 Å². The van der Waals surface area contributed by atoms with Gasteiger partial charge in [-0.15, -0.1) is 11.3 Å². The molecule has 0 aliphatic rings. The van der Waals surface area contributed by atoms with Crippen LogP contribution in [-0.4, -0.2) is 0 Å². The molecule has 10 rings (SSSR count). The first-order valence-electron chi connectivity index (χ1n) is 17.3. The minimum atomic E-state index is 0.911. The van der Waals surface area contributed by atoms with E-state index in [2.05, 4.69) is 193 Å². The monoisotopic (exact) mass is 669 g/mol. The summed E-state index contributed by atoms with van der Waals surface area (Å²) in [6.07, 6.45) is 0. The molecule has 0 radical (unpaired) electrons. The molecule has 0 bridgehead atoms. The fraction of sp³-hybridized carbons (Fsp3) is 0. The van der Waals surface area contributed by atoms with E-state index in [0.29, 0.717) is 0 Å². The maximum atomic E-state index is 6.48. The number of nitrogens with zero attached hydrogens (tertiary/aromatic N) is 1. The lowest BCUT2D eigenvalue weighted by Crippen LogP contribution is -2.10. The molecule has 2 heterocycles. The Bertz CT molecular complexity index is 2830. The number of hydrogen-bond donors (Lipinski definition) is 0. The van der Waals surface area contributed by atoms with E-state index in [1.165, 1.54) is 58.8 Å². The Hall–Kier alpha value is -6.42. The van der Waals surface area contributed by atoms with Crippen molar-refractivity contribution in [3.63, 3.8) is 0 Å². The number of anilines is 3. The molecule has 0 spiro atoms. The molecule has 0 aliphatic heterocycles. The summed E-state index contributed by atoms with van der Waals surface area (Å²) in [4.78, 5) is 2.35. The van der Waals surface area contributed by atoms with Crippen molar-refractivity contribution in [1.29, 1.82) is 0 Å². The Morgan fingerprint density at radius 2 is 0.961 bits per heavy atom. The molecule has 0 N–H and O–H groups in total. The molecule has 240 valence electrons. The highest BCUT2D eigenvalue weighted by Crippen LogP contribution is 2.45.